The average Bonchev–Trinajstić information content (AvgIpc) is 2.90. The number of hydrogen-bond donors (Lipinski definition) is 2. The monoisotopic (exact) mass is 344 g/mol. The molecule has 114 valence electrons. The van der Waals surface area contributed by atoms with E-state index in [1.165, 1.54) is 11.3 Å². The van der Waals surface area contributed by atoms with E-state index in [1.807, 2.05) is 19.2 Å². The van der Waals surface area contributed by atoms with Crippen LogP contribution in [0, 0.1) is 6.92 Å². The molecule has 1 heterocycles. The summed E-state index contributed by atoms with van der Waals surface area (Å²) in [6.07, 6.45) is 0. The highest BCUT2D eigenvalue weighted by Crippen LogP contribution is 2.26. The standard InChI is InChI=1S/C14H17ClN2O2S2/c1-3-16-8-11-6-14(20-9-11)21(18,19)17-13-7-12(15)5-4-10(13)2/h4-7,9,16-17H,3,8H2,1-2H3. The Labute approximate surface area is 134 Å². The minimum absolute atomic E-state index is 0.301. The molecular weight excluding hydrogens is 328 g/mol. The fraction of sp³-hybridized carbons (Fsp3) is 0.286. The van der Waals surface area contributed by atoms with Crippen molar-refractivity contribution in [3.63, 3.8) is 0 Å². The predicted molar refractivity (Wildman–Crippen MR) is 88.7 cm³/mol. The largest absolute Gasteiger partial charge is 0.313 e. The molecule has 0 amide bonds. The van der Waals surface area contributed by atoms with Crippen molar-refractivity contribution >= 4 is 38.6 Å². The highest BCUT2D eigenvalue weighted by Gasteiger charge is 2.18. The summed E-state index contributed by atoms with van der Waals surface area (Å²) in [5, 5.41) is 5.52. The molecule has 0 aliphatic rings. The van der Waals surface area contributed by atoms with Crippen molar-refractivity contribution in [3.05, 3.63) is 45.8 Å². The summed E-state index contributed by atoms with van der Waals surface area (Å²) in [5.74, 6) is 0. The zero-order chi connectivity index (χ0) is 15.5. The molecule has 2 aromatic rings. The molecule has 0 saturated heterocycles. The summed E-state index contributed by atoms with van der Waals surface area (Å²) in [5.41, 5.74) is 2.29. The first kappa shape index (κ1) is 16.3. The smallest absolute Gasteiger partial charge is 0.271 e. The Bertz CT molecular complexity index is 726. The number of nitrogens with one attached hydrogen (secondary N) is 2. The number of aryl methyl sites for hydroxylation is 1. The summed E-state index contributed by atoms with van der Waals surface area (Å²) in [7, 11) is -3.57. The first-order chi connectivity index (χ1) is 9.92. The van der Waals surface area contributed by atoms with Crippen molar-refractivity contribution < 1.29 is 8.42 Å². The number of rotatable bonds is 6. The minimum Gasteiger partial charge on any atom is -0.313 e. The van der Waals surface area contributed by atoms with Crippen molar-refractivity contribution in [2.75, 3.05) is 11.3 Å². The predicted octanol–water partition coefficient (Wildman–Crippen LogP) is 3.62. The van der Waals surface area contributed by atoms with Crippen LogP contribution in [0.3, 0.4) is 0 Å². The summed E-state index contributed by atoms with van der Waals surface area (Å²) >= 11 is 7.13. The topological polar surface area (TPSA) is 58.2 Å². The summed E-state index contributed by atoms with van der Waals surface area (Å²) in [6.45, 7) is 5.35. The van der Waals surface area contributed by atoms with Crippen molar-refractivity contribution in [2.24, 2.45) is 0 Å². The van der Waals surface area contributed by atoms with Crippen LogP contribution in [-0.2, 0) is 16.6 Å². The Morgan fingerprint density at radius 2 is 2.05 bits per heavy atom. The van der Waals surface area contributed by atoms with Crippen LogP contribution in [0.2, 0.25) is 5.02 Å². The van der Waals surface area contributed by atoms with Crippen molar-refractivity contribution in [1.29, 1.82) is 0 Å². The highest BCUT2D eigenvalue weighted by molar-refractivity contribution is 7.94. The van der Waals surface area contributed by atoms with E-state index in [-0.39, 0.29) is 0 Å². The summed E-state index contributed by atoms with van der Waals surface area (Å²) in [4.78, 5) is 0. The van der Waals surface area contributed by atoms with Gasteiger partial charge in [-0.15, -0.1) is 11.3 Å². The van der Waals surface area contributed by atoms with Gasteiger partial charge in [0.05, 0.1) is 5.69 Å². The van der Waals surface area contributed by atoms with Crippen LogP contribution >= 0.6 is 22.9 Å². The third kappa shape index (κ3) is 4.20. The van der Waals surface area contributed by atoms with Gasteiger partial charge >= 0.3 is 0 Å². The van der Waals surface area contributed by atoms with Crippen LogP contribution in [0.25, 0.3) is 0 Å². The lowest BCUT2D eigenvalue weighted by molar-refractivity contribution is 0.603. The van der Waals surface area contributed by atoms with Crippen LogP contribution in [0.1, 0.15) is 18.1 Å². The van der Waals surface area contributed by atoms with E-state index in [9.17, 15) is 8.42 Å². The first-order valence-corrected chi connectivity index (χ1v) is 9.23. The molecule has 0 aliphatic carbocycles. The Morgan fingerprint density at radius 1 is 1.29 bits per heavy atom. The van der Waals surface area contributed by atoms with E-state index in [1.54, 1.807) is 24.3 Å². The molecule has 0 bridgehead atoms. The third-order valence-corrected chi connectivity index (χ3v) is 6.01. The molecule has 0 unspecified atom stereocenters. The van der Waals surface area contributed by atoms with Gasteiger partial charge in [0.15, 0.2) is 0 Å². The maximum Gasteiger partial charge on any atom is 0.271 e. The second kappa shape index (κ2) is 6.79. The average molecular weight is 345 g/mol. The van der Waals surface area contributed by atoms with Gasteiger partial charge in [-0.3, -0.25) is 4.72 Å². The Hall–Kier alpha value is -1.08. The van der Waals surface area contributed by atoms with Gasteiger partial charge in [-0.05, 0) is 48.2 Å². The summed E-state index contributed by atoms with van der Waals surface area (Å²) in [6, 6.07) is 6.82. The van der Waals surface area contributed by atoms with E-state index >= 15 is 0 Å². The Morgan fingerprint density at radius 3 is 2.76 bits per heavy atom. The number of benzene rings is 1. The zero-order valence-electron chi connectivity index (χ0n) is 11.8. The Balaban J connectivity index is 2.22. The summed E-state index contributed by atoms with van der Waals surface area (Å²) < 4.78 is 27.7. The van der Waals surface area contributed by atoms with Crippen molar-refractivity contribution in [2.45, 2.75) is 24.6 Å². The van der Waals surface area contributed by atoms with E-state index in [0.29, 0.717) is 21.5 Å². The molecular formula is C14H17ClN2O2S2. The fourth-order valence-corrected chi connectivity index (χ4v) is 4.26. The maximum atomic E-state index is 12.4. The van der Waals surface area contributed by atoms with E-state index in [4.69, 9.17) is 11.6 Å². The second-order valence-electron chi connectivity index (χ2n) is 4.62. The lowest BCUT2D eigenvalue weighted by Crippen LogP contribution is -2.13. The van der Waals surface area contributed by atoms with Gasteiger partial charge in [0.2, 0.25) is 0 Å². The van der Waals surface area contributed by atoms with Gasteiger partial charge in [0.1, 0.15) is 4.21 Å². The number of sulfonamides is 1. The van der Waals surface area contributed by atoms with E-state index < -0.39 is 10.0 Å². The van der Waals surface area contributed by atoms with E-state index in [0.717, 1.165) is 17.7 Å². The zero-order valence-corrected chi connectivity index (χ0v) is 14.2. The van der Waals surface area contributed by atoms with Gasteiger partial charge in [0, 0.05) is 11.6 Å². The van der Waals surface area contributed by atoms with Crippen LogP contribution in [-0.4, -0.2) is 15.0 Å². The highest BCUT2D eigenvalue weighted by atomic mass is 35.5. The van der Waals surface area contributed by atoms with Crippen LogP contribution in [0.5, 0.6) is 0 Å². The van der Waals surface area contributed by atoms with Gasteiger partial charge in [-0.2, -0.15) is 0 Å². The fourth-order valence-electron chi connectivity index (χ4n) is 1.76. The molecule has 2 N–H and O–H groups in total. The van der Waals surface area contributed by atoms with Gasteiger partial charge in [-0.25, -0.2) is 8.42 Å². The van der Waals surface area contributed by atoms with E-state index in [2.05, 4.69) is 10.0 Å². The molecule has 0 fully saturated rings. The normalized spacial score (nSPS) is 11.6. The third-order valence-electron chi connectivity index (χ3n) is 2.92. The van der Waals surface area contributed by atoms with Crippen LogP contribution in [0.15, 0.2) is 33.9 Å². The molecule has 4 nitrogen and oxygen atoms in total. The van der Waals surface area contributed by atoms with Crippen LogP contribution in [0.4, 0.5) is 5.69 Å². The molecule has 0 aliphatic heterocycles. The van der Waals surface area contributed by atoms with Crippen molar-refractivity contribution in [3.8, 4) is 0 Å². The number of hydrogen-bond acceptors (Lipinski definition) is 4. The SMILES string of the molecule is CCNCc1csc(S(=O)(=O)Nc2cc(Cl)ccc2C)c1. The molecule has 0 atom stereocenters. The lowest BCUT2D eigenvalue weighted by Gasteiger charge is -2.09. The molecule has 0 saturated carbocycles. The van der Waals surface area contributed by atoms with Gasteiger partial charge < -0.3 is 5.32 Å². The van der Waals surface area contributed by atoms with Gasteiger partial charge in [-0.1, -0.05) is 24.6 Å². The molecule has 0 spiro atoms. The molecule has 0 radical (unpaired) electrons. The molecule has 1 aromatic heterocycles. The lowest BCUT2D eigenvalue weighted by atomic mass is 10.2. The molecule has 7 heteroatoms. The maximum absolute atomic E-state index is 12.4. The Kier molecular flexibility index (Phi) is 5.27. The minimum atomic E-state index is -3.57. The molecule has 21 heavy (non-hydrogen) atoms. The molecule has 1 aromatic carbocycles. The van der Waals surface area contributed by atoms with Crippen LogP contribution < -0.4 is 10.0 Å². The number of thiophene rings is 1. The quantitative estimate of drug-likeness (QED) is 0.841. The molecule has 2 rings (SSSR count). The first-order valence-electron chi connectivity index (χ1n) is 6.49. The van der Waals surface area contributed by atoms with Crippen molar-refractivity contribution in [1.82, 2.24) is 5.32 Å². The second-order valence-corrected chi connectivity index (χ2v) is 7.88. The number of halogens is 1. The van der Waals surface area contributed by atoms with Gasteiger partial charge in [0.25, 0.3) is 10.0 Å². The number of anilines is 1.